The second kappa shape index (κ2) is 12.0. The Balaban J connectivity index is 0. The maximum Gasteiger partial charge on any atom is 0.181 e. The van der Waals surface area contributed by atoms with Crippen LogP contribution in [0.5, 0.6) is 0 Å². The average molecular weight is 298 g/mol. The van der Waals surface area contributed by atoms with Gasteiger partial charge < -0.3 is 4.55 Å². The Morgan fingerprint density at radius 1 is 1.11 bits per heavy atom. The van der Waals surface area contributed by atoms with Gasteiger partial charge in [-0.05, 0) is 23.7 Å². The number of carbonyl (C=O) groups is 1. The molecule has 0 aliphatic rings. The zero-order valence-corrected chi connectivity index (χ0v) is 13.5. The molecule has 0 radical (unpaired) electrons. The second-order valence-electron chi connectivity index (χ2n) is 4.39. The molecule has 110 valence electrons. The van der Waals surface area contributed by atoms with Crippen molar-refractivity contribution >= 4 is 26.8 Å². The van der Waals surface area contributed by atoms with Gasteiger partial charge in [0.05, 0.1) is 22.6 Å². The zero-order chi connectivity index (χ0) is 14.6. The predicted molar refractivity (Wildman–Crippen MR) is 78.1 cm³/mol. The first-order valence-electron chi connectivity index (χ1n) is 6.22. The van der Waals surface area contributed by atoms with E-state index in [1.807, 2.05) is 6.92 Å². The van der Waals surface area contributed by atoms with Gasteiger partial charge in [0.15, 0.2) is 11.5 Å². The summed E-state index contributed by atoms with van der Waals surface area (Å²) in [5, 5.41) is 0. The van der Waals surface area contributed by atoms with E-state index in [0.29, 0.717) is 23.1 Å². The highest BCUT2D eigenvalue weighted by atomic mass is 32.2. The third-order valence-corrected chi connectivity index (χ3v) is 3.69. The fourth-order valence-corrected chi connectivity index (χ4v) is 2.52. The molecule has 4 nitrogen and oxygen atoms in total. The van der Waals surface area contributed by atoms with Crippen molar-refractivity contribution in [3.63, 3.8) is 0 Å². The zero-order valence-electron chi connectivity index (χ0n) is 11.9. The molecular weight excluding hydrogens is 272 g/mol. The number of rotatable bonds is 8. The van der Waals surface area contributed by atoms with Crippen LogP contribution >= 0.6 is 0 Å². The summed E-state index contributed by atoms with van der Waals surface area (Å²) in [5.74, 6) is 1.01. The second-order valence-corrected chi connectivity index (χ2v) is 8.17. The fraction of sp³-hybridized carbons (Fsp3) is 0.917. The van der Waals surface area contributed by atoms with Gasteiger partial charge in [0, 0.05) is 12.2 Å². The van der Waals surface area contributed by atoms with E-state index in [1.165, 1.54) is 0 Å². The van der Waals surface area contributed by atoms with Crippen molar-refractivity contribution in [2.24, 2.45) is 0 Å². The molecule has 0 aliphatic heterocycles. The summed E-state index contributed by atoms with van der Waals surface area (Å²) < 4.78 is 29.5. The van der Waals surface area contributed by atoms with Crippen molar-refractivity contribution in [3.8, 4) is 0 Å². The van der Waals surface area contributed by atoms with Gasteiger partial charge in [-0.15, -0.1) is 0 Å². The largest absolute Gasteiger partial charge is 0.748 e. The van der Waals surface area contributed by atoms with E-state index in [4.69, 9.17) is 0 Å². The van der Waals surface area contributed by atoms with Crippen molar-refractivity contribution in [2.75, 3.05) is 24.0 Å². The Bertz CT molecular complexity index is 297. The lowest BCUT2D eigenvalue weighted by Crippen LogP contribution is -2.12. The lowest BCUT2D eigenvalue weighted by molar-refractivity contribution is -0.116. The molecule has 0 amide bonds. The van der Waals surface area contributed by atoms with Crippen molar-refractivity contribution in [2.45, 2.75) is 46.0 Å². The minimum absolute atomic E-state index is 0.219. The minimum Gasteiger partial charge on any atom is -0.748 e. The highest BCUT2D eigenvalue weighted by Crippen LogP contribution is 1.97. The maximum atomic E-state index is 11.0. The van der Waals surface area contributed by atoms with Gasteiger partial charge in [-0.3, -0.25) is 4.79 Å². The van der Waals surface area contributed by atoms with Crippen molar-refractivity contribution < 1.29 is 17.8 Å². The van der Waals surface area contributed by atoms with Gasteiger partial charge in [0.25, 0.3) is 0 Å². The highest BCUT2D eigenvalue weighted by Gasteiger charge is 2.09. The summed E-state index contributed by atoms with van der Waals surface area (Å²) in [7, 11) is -3.63. The van der Waals surface area contributed by atoms with Gasteiger partial charge in [0.1, 0.15) is 0 Å². The molecule has 0 aromatic carbocycles. The van der Waals surface area contributed by atoms with Gasteiger partial charge in [-0.25, -0.2) is 8.42 Å². The molecule has 0 aromatic rings. The number of unbranched alkanes of at least 4 members (excludes halogenated alkanes) is 2. The normalized spacial score (nSPS) is 11.0. The van der Waals surface area contributed by atoms with E-state index in [2.05, 4.69) is 19.4 Å². The van der Waals surface area contributed by atoms with Crippen LogP contribution in [0.25, 0.3) is 0 Å². The van der Waals surface area contributed by atoms with E-state index in [0.717, 1.165) is 31.4 Å². The molecular formula is C12H26O4S2. The summed E-state index contributed by atoms with van der Waals surface area (Å²) in [6, 6.07) is 0. The lowest BCUT2D eigenvalue weighted by atomic mass is 10.2. The number of ketones is 1. The van der Waals surface area contributed by atoms with E-state index in [9.17, 15) is 17.8 Å². The SMILES string of the molecule is CCCCC(=O)C[S+](C)C.CCCCS(=O)(=O)[O-]. The van der Waals surface area contributed by atoms with Crippen LogP contribution in [0.3, 0.4) is 0 Å². The Labute approximate surface area is 115 Å². The molecule has 0 aromatic heterocycles. The molecule has 0 rings (SSSR count). The molecule has 0 heterocycles. The Hall–Kier alpha value is -0.0700. The molecule has 0 aliphatic carbocycles. The van der Waals surface area contributed by atoms with E-state index < -0.39 is 10.1 Å². The number of Topliss-reactive ketones (excluding diaryl/α,β-unsaturated/α-hetero) is 1. The molecule has 0 bridgehead atoms. The Kier molecular flexibility index (Phi) is 13.5. The third-order valence-electron chi connectivity index (χ3n) is 2.01. The monoisotopic (exact) mass is 298 g/mol. The highest BCUT2D eigenvalue weighted by molar-refractivity contribution is 7.96. The van der Waals surface area contributed by atoms with E-state index >= 15 is 0 Å². The standard InChI is InChI=1S/C8H17OS.C4H10O3S/c1-4-5-6-8(9)7-10(2)3;1-2-3-4-8(5,6)7/h4-7H2,1-3H3;2-4H2,1H3,(H,5,6,7)/q+1;/p-1. The van der Waals surface area contributed by atoms with Crippen LogP contribution in [-0.2, 0) is 25.8 Å². The van der Waals surface area contributed by atoms with Crippen LogP contribution in [-0.4, -0.2) is 42.8 Å². The van der Waals surface area contributed by atoms with Gasteiger partial charge >= 0.3 is 0 Å². The van der Waals surface area contributed by atoms with Crippen LogP contribution in [0, 0.1) is 0 Å². The molecule has 0 saturated carbocycles. The van der Waals surface area contributed by atoms with Crippen LogP contribution < -0.4 is 0 Å². The number of carbonyl (C=O) groups excluding carboxylic acids is 1. The van der Waals surface area contributed by atoms with Crippen molar-refractivity contribution in [1.82, 2.24) is 0 Å². The molecule has 0 spiro atoms. The molecule has 0 saturated heterocycles. The summed E-state index contributed by atoms with van der Waals surface area (Å²) >= 11 is 0. The number of hydrogen-bond acceptors (Lipinski definition) is 4. The van der Waals surface area contributed by atoms with Crippen LogP contribution in [0.2, 0.25) is 0 Å². The fourth-order valence-electron chi connectivity index (χ4n) is 1.09. The topological polar surface area (TPSA) is 74.3 Å². The first kappa shape index (κ1) is 20.3. The van der Waals surface area contributed by atoms with Crippen LogP contribution in [0.4, 0.5) is 0 Å². The first-order chi connectivity index (χ1) is 8.22. The molecule has 6 heteroatoms. The Morgan fingerprint density at radius 3 is 1.89 bits per heavy atom. The van der Waals surface area contributed by atoms with Crippen molar-refractivity contribution in [1.29, 1.82) is 0 Å². The summed E-state index contributed by atoms with van der Waals surface area (Å²) in [4.78, 5) is 11.0. The van der Waals surface area contributed by atoms with E-state index in [1.54, 1.807) is 0 Å². The van der Waals surface area contributed by atoms with E-state index in [-0.39, 0.29) is 5.75 Å². The predicted octanol–water partition coefficient (Wildman–Crippen LogP) is 1.96. The van der Waals surface area contributed by atoms with Crippen LogP contribution in [0.15, 0.2) is 0 Å². The molecule has 18 heavy (non-hydrogen) atoms. The summed E-state index contributed by atoms with van der Waals surface area (Å²) in [6.45, 7) is 3.95. The molecule has 0 unspecified atom stereocenters. The summed E-state index contributed by atoms with van der Waals surface area (Å²) in [5.41, 5.74) is 0. The van der Waals surface area contributed by atoms with Crippen molar-refractivity contribution in [3.05, 3.63) is 0 Å². The number of hydrogen-bond donors (Lipinski definition) is 0. The van der Waals surface area contributed by atoms with Gasteiger partial charge in [-0.2, -0.15) is 0 Å². The Morgan fingerprint density at radius 2 is 1.61 bits per heavy atom. The first-order valence-corrected chi connectivity index (χ1v) is 10.0. The lowest BCUT2D eigenvalue weighted by Gasteiger charge is -2.02. The quantitative estimate of drug-likeness (QED) is 0.507. The average Bonchev–Trinajstić information content (AvgIpc) is 2.22. The minimum atomic E-state index is -3.94. The molecule has 0 atom stereocenters. The van der Waals surface area contributed by atoms with Crippen LogP contribution in [0.1, 0.15) is 46.0 Å². The van der Waals surface area contributed by atoms with Gasteiger partial charge in [0.2, 0.25) is 0 Å². The third kappa shape index (κ3) is 21.2. The van der Waals surface area contributed by atoms with Gasteiger partial charge in [-0.1, -0.05) is 26.7 Å². The smallest absolute Gasteiger partial charge is 0.181 e. The maximum absolute atomic E-state index is 11.0. The molecule has 0 N–H and O–H groups in total. The molecule has 0 fully saturated rings. The summed E-state index contributed by atoms with van der Waals surface area (Å²) in [6.07, 6.45) is 8.45.